The van der Waals surface area contributed by atoms with Gasteiger partial charge in [-0.15, -0.1) is 0 Å². The Kier molecular flexibility index (Phi) is 7.29. The van der Waals surface area contributed by atoms with Crippen LogP contribution in [-0.4, -0.2) is 70.9 Å². The molecule has 0 amide bonds. The number of hydrogen-bond donors (Lipinski definition) is 2. The van der Waals surface area contributed by atoms with E-state index in [1.165, 1.54) is 0 Å². The lowest BCUT2D eigenvalue weighted by Gasteiger charge is -2.38. The molecule has 1 unspecified atom stereocenters. The fraction of sp³-hybridized carbons (Fsp3) is 0.714. The van der Waals surface area contributed by atoms with Crippen LogP contribution in [0.15, 0.2) is 11.6 Å². The average molecular weight is 512 g/mol. The van der Waals surface area contributed by atoms with Crippen LogP contribution in [0.5, 0.6) is 11.8 Å². The summed E-state index contributed by atoms with van der Waals surface area (Å²) in [4.78, 5) is 38.1. The number of ether oxygens (including phenoxy) is 2. The highest BCUT2D eigenvalue weighted by Gasteiger charge is 2.49. The molecule has 0 bridgehead atoms. The lowest BCUT2D eigenvalue weighted by atomic mass is 9.62. The van der Waals surface area contributed by atoms with Crippen LogP contribution in [0.3, 0.4) is 0 Å². The van der Waals surface area contributed by atoms with Gasteiger partial charge in [-0.25, -0.2) is 0 Å². The maximum Gasteiger partial charge on any atom is 0.221 e. The quantitative estimate of drug-likeness (QED) is 0.439. The largest absolute Gasteiger partial charge is 0.476 e. The monoisotopic (exact) mass is 511 g/mol. The van der Waals surface area contributed by atoms with E-state index in [9.17, 15) is 9.59 Å². The summed E-state index contributed by atoms with van der Waals surface area (Å²) in [6.07, 6.45) is 7.75. The number of Topliss-reactive ketones (excluding diaryl/α,β-unsaturated/α-hetero) is 2. The molecule has 3 N–H and O–H groups in total. The molecular formula is C28H41N5O4. The molecule has 0 aromatic carbocycles. The number of aromatic nitrogens is 2. The lowest BCUT2D eigenvalue weighted by molar-refractivity contribution is -0.143. The van der Waals surface area contributed by atoms with Gasteiger partial charge in [0.1, 0.15) is 18.5 Å². The van der Waals surface area contributed by atoms with E-state index < -0.39 is 5.41 Å². The molecule has 9 nitrogen and oxygen atoms in total. The molecule has 3 heterocycles. The third-order valence-corrected chi connectivity index (χ3v) is 8.70. The number of nitrogens with two attached hydrogens (primary N) is 1. The first-order chi connectivity index (χ1) is 17.7. The van der Waals surface area contributed by atoms with Crippen LogP contribution in [0.2, 0.25) is 0 Å². The molecule has 4 fully saturated rings. The molecule has 3 atom stereocenters. The number of hydrogen-bond acceptors (Lipinski definition) is 9. The molecule has 0 radical (unpaired) electrons. The summed E-state index contributed by atoms with van der Waals surface area (Å²) >= 11 is 0. The minimum absolute atomic E-state index is 0.0106. The predicted molar refractivity (Wildman–Crippen MR) is 140 cm³/mol. The Labute approximate surface area is 219 Å². The van der Waals surface area contributed by atoms with Crippen molar-refractivity contribution in [1.29, 1.82) is 0 Å². The summed E-state index contributed by atoms with van der Waals surface area (Å²) in [5.74, 6) is 0.946. The molecule has 2 aliphatic carbocycles. The van der Waals surface area contributed by atoms with E-state index in [0.29, 0.717) is 55.7 Å². The Bertz CT molecular complexity index is 1080. The van der Waals surface area contributed by atoms with Crippen LogP contribution < -0.4 is 20.5 Å². The fourth-order valence-electron chi connectivity index (χ4n) is 6.46. The Balaban J connectivity index is 1.44. The number of carbonyl (C=O) groups excluding carboxylic acids is 2. The molecule has 2 saturated carbocycles. The van der Waals surface area contributed by atoms with Gasteiger partial charge in [0.25, 0.3) is 0 Å². The topological polar surface area (TPSA) is 120 Å². The van der Waals surface area contributed by atoms with Crippen molar-refractivity contribution in [2.45, 2.75) is 95.7 Å². The van der Waals surface area contributed by atoms with Crippen LogP contribution in [0.1, 0.15) is 83.9 Å². The summed E-state index contributed by atoms with van der Waals surface area (Å²) in [6.45, 7) is 6.58. The molecule has 202 valence electrons. The zero-order valence-electron chi connectivity index (χ0n) is 22.5. The normalized spacial score (nSPS) is 31.6. The summed E-state index contributed by atoms with van der Waals surface area (Å²) in [5, 5.41) is 3.46. The van der Waals surface area contributed by atoms with Gasteiger partial charge >= 0.3 is 0 Å². The zero-order valence-corrected chi connectivity index (χ0v) is 22.5. The molecule has 37 heavy (non-hydrogen) atoms. The van der Waals surface area contributed by atoms with E-state index >= 15 is 0 Å². The van der Waals surface area contributed by atoms with Gasteiger partial charge in [0.05, 0.1) is 17.2 Å². The molecule has 2 aliphatic heterocycles. The second-order valence-corrected chi connectivity index (χ2v) is 12.0. The number of rotatable bonds is 6. The Hall–Kier alpha value is -2.52. The van der Waals surface area contributed by atoms with Crippen LogP contribution in [0.4, 0.5) is 0 Å². The molecule has 1 spiro atoms. The molecule has 1 aromatic rings. The minimum atomic E-state index is -0.919. The van der Waals surface area contributed by atoms with Crippen molar-refractivity contribution in [2.24, 2.45) is 11.1 Å². The average Bonchev–Trinajstić information content (AvgIpc) is 3.44. The Morgan fingerprint density at radius 2 is 1.92 bits per heavy atom. The summed E-state index contributed by atoms with van der Waals surface area (Å²) in [5.41, 5.74) is 6.40. The predicted octanol–water partition coefficient (Wildman–Crippen LogP) is 3.02. The first-order valence-corrected chi connectivity index (χ1v) is 13.9. The Morgan fingerprint density at radius 3 is 2.62 bits per heavy atom. The van der Waals surface area contributed by atoms with Crippen LogP contribution >= 0.6 is 0 Å². The van der Waals surface area contributed by atoms with Crippen molar-refractivity contribution in [3.05, 3.63) is 17.5 Å². The van der Waals surface area contributed by atoms with Crippen molar-refractivity contribution in [1.82, 2.24) is 20.2 Å². The highest BCUT2D eigenvalue weighted by Crippen LogP contribution is 2.45. The zero-order chi connectivity index (χ0) is 26.2. The SMILES string of the molecule is CN1CCC[C@H]1COc1cc(OC2CNC(C)(C)C2)nc(/C(N)=C2\CCC[C@@]3(CCCCC3=O)C2=O)n1. The molecule has 2 saturated heterocycles. The van der Waals surface area contributed by atoms with Gasteiger partial charge in [-0.1, -0.05) is 6.42 Å². The number of likely N-dealkylation sites (N-methyl/N-ethyl adjacent to an activating group) is 1. The van der Waals surface area contributed by atoms with E-state index in [1.807, 2.05) is 0 Å². The summed E-state index contributed by atoms with van der Waals surface area (Å²) in [6, 6.07) is 2.05. The van der Waals surface area contributed by atoms with Crippen molar-refractivity contribution in [3.63, 3.8) is 0 Å². The number of allylic oxidation sites excluding steroid dienone is 1. The van der Waals surface area contributed by atoms with Crippen molar-refractivity contribution < 1.29 is 19.1 Å². The van der Waals surface area contributed by atoms with Gasteiger partial charge in [-0.2, -0.15) is 9.97 Å². The van der Waals surface area contributed by atoms with Gasteiger partial charge in [0.2, 0.25) is 11.8 Å². The minimum Gasteiger partial charge on any atom is -0.476 e. The molecule has 5 rings (SSSR count). The molecule has 1 aromatic heterocycles. The fourth-order valence-corrected chi connectivity index (χ4v) is 6.46. The van der Waals surface area contributed by atoms with Crippen LogP contribution in [-0.2, 0) is 9.59 Å². The van der Waals surface area contributed by atoms with Gasteiger partial charge in [0, 0.05) is 36.5 Å². The van der Waals surface area contributed by atoms with Crippen LogP contribution in [0, 0.1) is 5.41 Å². The lowest BCUT2D eigenvalue weighted by Crippen LogP contribution is -2.45. The Morgan fingerprint density at radius 1 is 1.14 bits per heavy atom. The van der Waals surface area contributed by atoms with Gasteiger partial charge < -0.3 is 25.4 Å². The van der Waals surface area contributed by atoms with E-state index in [-0.39, 0.29) is 34.7 Å². The second kappa shape index (κ2) is 10.3. The molecular weight excluding hydrogens is 470 g/mol. The second-order valence-electron chi connectivity index (χ2n) is 12.0. The van der Waals surface area contributed by atoms with Gasteiger partial charge in [-0.3, -0.25) is 9.59 Å². The van der Waals surface area contributed by atoms with E-state index in [1.54, 1.807) is 6.07 Å². The number of likely N-dealkylation sites (tertiary alicyclic amines) is 1. The van der Waals surface area contributed by atoms with Crippen LogP contribution in [0.25, 0.3) is 5.70 Å². The maximum absolute atomic E-state index is 13.7. The van der Waals surface area contributed by atoms with E-state index in [0.717, 1.165) is 51.6 Å². The van der Waals surface area contributed by atoms with Gasteiger partial charge in [-0.05, 0) is 72.4 Å². The number of nitrogens with zero attached hydrogens (tertiary/aromatic N) is 3. The summed E-state index contributed by atoms with van der Waals surface area (Å²) < 4.78 is 12.4. The van der Waals surface area contributed by atoms with Gasteiger partial charge in [0.15, 0.2) is 11.6 Å². The third-order valence-electron chi connectivity index (χ3n) is 8.70. The van der Waals surface area contributed by atoms with Crippen molar-refractivity contribution in [2.75, 3.05) is 26.7 Å². The molecule has 4 aliphatic rings. The smallest absolute Gasteiger partial charge is 0.221 e. The number of nitrogens with one attached hydrogen (secondary N) is 1. The number of carbonyl (C=O) groups is 2. The van der Waals surface area contributed by atoms with E-state index in [2.05, 4.69) is 41.1 Å². The van der Waals surface area contributed by atoms with Crippen molar-refractivity contribution in [3.8, 4) is 11.8 Å². The standard InChI is InChI=1S/C28H41N5O4/c1-27(2)15-19(16-30-27)37-23-14-22(36-17-18-8-7-13-33(18)3)31-26(32-23)24(29)20-9-6-12-28(25(20)35)11-5-4-10-21(28)34/h14,18-19,30H,4-13,15-17,29H2,1-3H3/b24-20-/t18-,19?,28+/m0/s1. The third kappa shape index (κ3) is 5.39. The van der Waals surface area contributed by atoms with E-state index in [4.69, 9.17) is 15.2 Å². The maximum atomic E-state index is 13.7. The van der Waals surface area contributed by atoms with Crippen molar-refractivity contribution >= 4 is 17.3 Å². The highest BCUT2D eigenvalue weighted by molar-refractivity contribution is 6.17. The highest BCUT2D eigenvalue weighted by atomic mass is 16.5. The number of ketones is 2. The molecule has 9 heteroatoms. The first kappa shape index (κ1) is 26.1. The first-order valence-electron chi connectivity index (χ1n) is 13.9. The summed E-state index contributed by atoms with van der Waals surface area (Å²) in [7, 11) is 2.11.